The maximum Gasteiger partial charge on any atom is 0.246 e. The summed E-state index contributed by atoms with van der Waals surface area (Å²) in [4.78, 5) is 6.63. The Morgan fingerprint density at radius 2 is 2.10 bits per heavy atom. The van der Waals surface area contributed by atoms with Crippen LogP contribution in [-0.2, 0) is 10.0 Å². The molecule has 2 heterocycles. The molecule has 7 heteroatoms. The van der Waals surface area contributed by atoms with Crippen LogP contribution in [-0.4, -0.2) is 62.4 Å². The van der Waals surface area contributed by atoms with Crippen LogP contribution < -0.4 is 5.32 Å². The van der Waals surface area contributed by atoms with Crippen LogP contribution in [0.25, 0.3) is 0 Å². The molecule has 1 fully saturated rings. The van der Waals surface area contributed by atoms with Gasteiger partial charge >= 0.3 is 0 Å². The largest absolute Gasteiger partial charge is 0.369 e. The van der Waals surface area contributed by atoms with Crippen molar-refractivity contribution in [2.45, 2.75) is 30.7 Å². The van der Waals surface area contributed by atoms with E-state index in [1.165, 1.54) is 4.31 Å². The number of piperidine rings is 1. The molecule has 1 aliphatic heterocycles. The number of hydrogen-bond acceptors (Lipinski definition) is 5. The zero-order valence-corrected chi connectivity index (χ0v) is 13.7. The van der Waals surface area contributed by atoms with Gasteiger partial charge in [-0.05, 0) is 52.0 Å². The van der Waals surface area contributed by atoms with E-state index in [1.54, 1.807) is 25.4 Å². The van der Waals surface area contributed by atoms with Crippen LogP contribution in [0.4, 0.5) is 5.82 Å². The molecule has 0 unspecified atom stereocenters. The van der Waals surface area contributed by atoms with E-state index in [0.29, 0.717) is 12.4 Å². The predicted octanol–water partition coefficient (Wildman–Crippen LogP) is 1.23. The minimum Gasteiger partial charge on any atom is -0.369 e. The zero-order chi connectivity index (χ0) is 15.5. The maximum atomic E-state index is 12.8. The first-order valence-electron chi connectivity index (χ1n) is 7.32. The average Bonchev–Trinajstić information content (AvgIpc) is 2.48. The lowest BCUT2D eigenvalue weighted by Crippen LogP contribution is -2.44. The second-order valence-electron chi connectivity index (χ2n) is 5.44. The first kappa shape index (κ1) is 16.2. The van der Waals surface area contributed by atoms with Crippen LogP contribution in [0, 0.1) is 0 Å². The van der Waals surface area contributed by atoms with Crippen LogP contribution in [0.1, 0.15) is 19.8 Å². The Morgan fingerprint density at radius 3 is 2.71 bits per heavy atom. The van der Waals surface area contributed by atoms with Gasteiger partial charge in [0.05, 0.1) is 0 Å². The molecule has 0 amide bonds. The second-order valence-corrected chi connectivity index (χ2v) is 7.40. The number of nitrogens with one attached hydrogen (secondary N) is 1. The number of pyridine rings is 1. The van der Waals surface area contributed by atoms with Gasteiger partial charge in [-0.25, -0.2) is 13.4 Å². The van der Waals surface area contributed by atoms with E-state index in [0.717, 1.165) is 25.9 Å². The Balaban J connectivity index is 2.25. The number of nitrogens with zero attached hydrogens (tertiary/aromatic N) is 3. The molecule has 1 aromatic heterocycles. The standard InChI is InChI=1S/C14H24N4O2S/c1-4-15-14-13(6-5-9-16-14)21(19,20)18(3)12-7-10-17(2)11-8-12/h5-6,9,12H,4,7-8,10-11H2,1-3H3,(H,15,16). The summed E-state index contributed by atoms with van der Waals surface area (Å²) >= 11 is 0. The summed E-state index contributed by atoms with van der Waals surface area (Å²) in [6.45, 7) is 4.42. The highest BCUT2D eigenvalue weighted by Gasteiger charge is 2.31. The number of anilines is 1. The van der Waals surface area contributed by atoms with Crippen molar-refractivity contribution in [2.24, 2.45) is 0 Å². The molecular weight excluding hydrogens is 288 g/mol. The molecule has 2 rings (SSSR count). The average molecular weight is 312 g/mol. The summed E-state index contributed by atoms with van der Waals surface area (Å²) in [7, 11) is 0.220. The highest BCUT2D eigenvalue weighted by atomic mass is 32.2. The number of aromatic nitrogens is 1. The smallest absolute Gasteiger partial charge is 0.246 e. The lowest BCUT2D eigenvalue weighted by atomic mass is 10.1. The predicted molar refractivity (Wildman–Crippen MR) is 83.9 cm³/mol. The fourth-order valence-corrected chi connectivity index (χ4v) is 4.14. The van der Waals surface area contributed by atoms with Crippen molar-refractivity contribution in [3.63, 3.8) is 0 Å². The van der Waals surface area contributed by atoms with Gasteiger partial charge in [-0.15, -0.1) is 0 Å². The van der Waals surface area contributed by atoms with Crippen LogP contribution in [0.2, 0.25) is 0 Å². The highest BCUT2D eigenvalue weighted by Crippen LogP contribution is 2.26. The lowest BCUT2D eigenvalue weighted by Gasteiger charge is -2.34. The maximum absolute atomic E-state index is 12.8. The Kier molecular flexibility index (Phi) is 5.18. The number of hydrogen-bond donors (Lipinski definition) is 1. The van der Waals surface area contributed by atoms with Gasteiger partial charge in [0.2, 0.25) is 10.0 Å². The van der Waals surface area contributed by atoms with Gasteiger partial charge in [0.15, 0.2) is 0 Å². The van der Waals surface area contributed by atoms with Gasteiger partial charge in [0.25, 0.3) is 0 Å². The number of sulfonamides is 1. The van der Waals surface area contributed by atoms with E-state index in [4.69, 9.17) is 0 Å². The van der Waals surface area contributed by atoms with Gasteiger partial charge in [-0.1, -0.05) is 0 Å². The van der Waals surface area contributed by atoms with Gasteiger partial charge in [0.1, 0.15) is 10.7 Å². The van der Waals surface area contributed by atoms with E-state index in [2.05, 4.69) is 22.2 Å². The molecular formula is C14H24N4O2S. The molecule has 1 aliphatic rings. The Bertz CT molecular complexity index is 568. The number of likely N-dealkylation sites (tertiary alicyclic amines) is 1. The molecule has 0 aliphatic carbocycles. The highest BCUT2D eigenvalue weighted by molar-refractivity contribution is 7.89. The third-order valence-corrected chi connectivity index (χ3v) is 5.92. The van der Waals surface area contributed by atoms with Gasteiger partial charge in [0, 0.05) is 25.8 Å². The molecule has 0 spiro atoms. The van der Waals surface area contributed by atoms with Crippen molar-refractivity contribution < 1.29 is 8.42 Å². The third-order valence-electron chi connectivity index (χ3n) is 3.97. The van der Waals surface area contributed by atoms with Crippen molar-refractivity contribution in [1.82, 2.24) is 14.2 Å². The molecule has 1 aromatic rings. The normalized spacial score (nSPS) is 18.1. The van der Waals surface area contributed by atoms with Crippen molar-refractivity contribution in [3.8, 4) is 0 Å². The zero-order valence-electron chi connectivity index (χ0n) is 12.9. The van der Waals surface area contributed by atoms with Crippen LogP contribution in [0.15, 0.2) is 23.2 Å². The van der Waals surface area contributed by atoms with Crippen molar-refractivity contribution in [2.75, 3.05) is 39.0 Å². The third kappa shape index (κ3) is 3.53. The van der Waals surface area contributed by atoms with Crippen LogP contribution in [0.3, 0.4) is 0 Å². The van der Waals surface area contributed by atoms with Crippen molar-refractivity contribution in [3.05, 3.63) is 18.3 Å². The summed E-state index contributed by atoms with van der Waals surface area (Å²) in [5.74, 6) is 0.430. The van der Waals surface area contributed by atoms with Crippen molar-refractivity contribution >= 4 is 15.8 Å². The summed E-state index contributed by atoms with van der Waals surface area (Å²) in [6.07, 6.45) is 3.33. The molecule has 6 nitrogen and oxygen atoms in total. The Morgan fingerprint density at radius 1 is 1.43 bits per heavy atom. The SMILES string of the molecule is CCNc1ncccc1S(=O)(=O)N(C)C1CCN(C)CC1. The minimum atomic E-state index is -3.52. The molecule has 1 saturated heterocycles. The lowest BCUT2D eigenvalue weighted by molar-refractivity contribution is 0.197. The van der Waals surface area contributed by atoms with E-state index < -0.39 is 10.0 Å². The quantitative estimate of drug-likeness (QED) is 0.886. The van der Waals surface area contributed by atoms with E-state index in [1.807, 2.05) is 6.92 Å². The Labute approximate surface area is 127 Å². The van der Waals surface area contributed by atoms with Crippen molar-refractivity contribution in [1.29, 1.82) is 0 Å². The summed E-state index contributed by atoms with van der Waals surface area (Å²) in [5.41, 5.74) is 0. The molecule has 1 N–H and O–H groups in total. The summed E-state index contributed by atoms with van der Waals surface area (Å²) in [5, 5.41) is 3.02. The minimum absolute atomic E-state index is 0.0564. The van der Waals surface area contributed by atoms with Gasteiger partial charge < -0.3 is 10.2 Å². The van der Waals surface area contributed by atoms with Crippen LogP contribution >= 0.6 is 0 Å². The Hall–Kier alpha value is -1.18. The molecule has 0 radical (unpaired) electrons. The molecule has 0 aromatic carbocycles. The monoisotopic (exact) mass is 312 g/mol. The fraction of sp³-hybridized carbons (Fsp3) is 0.643. The second kappa shape index (κ2) is 6.72. The molecule has 118 valence electrons. The fourth-order valence-electron chi connectivity index (χ4n) is 2.61. The first-order valence-corrected chi connectivity index (χ1v) is 8.76. The molecule has 0 bridgehead atoms. The topological polar surface area (TPSA) is 65.5 Å². The van der Waals surface area contributed by atoms with Gasteiger partial charge in [-0.2, -0.15) is 4.31 Å². The van der Waals surface area contributed by atoms with Gasteiger partial charge in [-0.3, -0.25) is 0 Å². The molecule has 0 atom stereocenters. The van der Waals surface area contributed by atoms with E-state index in [9.17, 15) is 8.42 Å². The van der Waals surface area contributed by atoms with E-state index >= 15 is 0 Å². The summed E-state index contributed by atoms with van der Waals surface area (Å²) in [6, 6.07) is 3.34. The molecule has 21 heavy (non-hydrogen) atoms. The van der Waals surface area contributed by atoms with Crippen LogP contribution in [0.5, 0.6) is 0 Å². The van der Waals surface area contributed by atoms with E-state index in [-0.39, 0.29) is 10.9 Å². The number of rotatable bonds is 5. The first-order chi connectivity index (χ1) is 9.96. The summed E-state index contributed by atoms with van der Waals surface area (Å²) < 4.78 is 27.2. The molecule has 0 saturated carbocycles.